The zero-order valence-electron chi connectivity index (χ0n) is 11.6. The highest BCUT2D eigenvalue weighted by molar-refractivity contribution is 5.26. The second-order valence-electron chi connectivity index (χ2n) is 4.79. The summed E-state index contributed by atoms with van der Waals surface area (Å²) in [4.78, 5) is 7.27. The summed E-state index contributed by atoms with van der Waals surface area (Å²) in [6, 6.07) is 10.8. The first-order valence-corrected chi connectivity index (χ1v) is 6.66. The van der Waals surface area contributed by atoms with Gasteiger partial charge in [0, 0.05) is 12.7 Å². The van der Waals surface area contributed by atoms with E-state index in [9.17, 15) is 13.2 Å². The molecule has 1 heterocycles. The van der Waals surface area contributed by atoms with Crippen LogP contribution in [0.4, 0.5) is 19.1 Å². The summed E-state index contributed by atoms with van der Waals surface area (Å²) in [5.74, 6) is 0.314. The van der Waals surface area contributed by atoms with E-state index in [-0.39, 0.29) is 5.95 Å². The smallest absolute Gasteiger partial charge is 0.354 e. The third-order valence-corrected chi connectivity index (χ3v) is 3.18. The molecule has 3 nitrogen and oxygen atoms in total. The lowest BCUT2D eigenvalue weighted by Gasteiger charge is -2.13. The van der Waals surface area contributed by atoms with Crippen molar-refractivity contribution in [1.29, 1.82) is 0 Å². The molecule has 0 saturated carbocycles. The fourth-order valence-corrected chi connectivity index (χ4v) is 1.95. The van der Waals surface area contributed by atoms with Crippen LogP contribution in [-0.2, 0) is 6.18 Å². The first-order valence-electron chi connectivity index (χ1n) is 6.66. The molecule has 1 N–H and O–H groups in total. The topological polar surface area (TPSA) is 37.8 Å². The maximum absolute atomic E-state index is 12.5. The van der Waals surface area contributed by atoms with Gasteiger partial charge in [-0.2, -0.15) is 13.2 Å². The molecule has 2 rings (SSSR count). The molecule has 1 aromatic heterocycles. The van der Waals surface area contributed by atoms with Crippen LogP contribution in [0.25, 0.3) is 0 Å². The standard InChI is InChI=1S/C15H16F3N3/c1-11(12-5-3-2-4-6-12)7-9-19-14-20-10-8-13(21-14)15(16,17)18/h2-6,8,10-11H,7,9H2,1H3,(H,19,20,21). The number of hydrogen-bond acceptors (Lipinski definition) is 3. The Balaban J connectivity index is 1.89. The fourth-order valence-electron chi connectivity index (χ4n) is 1.95. The summed E-state index contributed by atoms with van der Waals surface area (Å²) in [5, 5.41) is 2.84. The van der Waals surface area contributed by atoms with E-state index in [0.29, 0.717) is 12.5 Å². The SMILES string of the molecule is CC(CCNc1nccc(C(F)(F)F)n1)c1ccccc1. The van der Waals surface area contributed by atoms with E-state index in [4.69, 9.17) is 0 Å². The third kappa shape index (κ3) is 4.44. The van der Waals surface area contributed by atoms with Crippen LogP contribution in [0.5, 0.6) is 0 Å². The first kappa shape index (κ1) is 15.3. The van der Waals surface area contributed by atoms with Crippen LogP contribution in [0.15, 0.2) is 42.6 Å². The van der Waals surface area contributed by atoms with Gasteiger partial charge >= 0.3 is 6.18 Å². The van der Waals surface area contributed by atoms with Crippen LogP contribution < -0.4 is 5.32 Å². The van der Waals surface area contributed by atoms with Crippen LogP contribution in [0.2, 0.25) is 0 Å². The molecule has 0 fully saturated rings. The van der Waals surface area contributed by atoms with Gasteiger partial charge in [-0.25, -0.2) is 9.97 Å². The van der Waals surface area contributed by atoms with Crippen molar-refractivity contribution in [3.8, 4) is 0 Å². The molecule has 0 saturated heterocycles. The molecule has 2 aromatic rings. The van der Waals surface area contributed by atoms with Gasteiger partial charge < -0.3 is 5.32 Å². The van der Waals surface area contributed by atoms with Gasteiger partial charge in [-0.1, -0.05) is 37.3 Å². The summed E-state index contributed by atoms with van der Waals surface area (Å²) in [7, 11) is 0. The van der Waals surface area contributed by atoms with E-state index >= 15 is 0 Å². The number of alkyl halides is 3. The largest absolute Gasteiger partial charge is 0.433 e. The number of benzene rings is 1. The molecule has 21 heavy (non-hydrogen) atoms. The van der Waals surface area contributed by atoms with Crippen molar-refractivity contribution in [2.45, 2.75) is 25.4 Å². The lowest BCUT2D eigenvalue weighted by molar-refractivity contribution is -0.141. The van der Waals surface area contributed by atoms with Gasteiger partial charge in [-0.15, -0.1) is 0 Å². The molecule has 1 atom stereocenters. The predicted molar refractivity (Wildman–Crippen MR) is 75.0 cm³/mol. The number of halogens is 3. The van der Waals surface area contributed by atoms with Crippen LogP contribution in [0.1, 0.15) is 30.5 Å². The normalized spacial score (nSPS) is 13.0. The van der Waals surface area contributed by atoms with Gasteiger partial charge in [0.15, 0.2) is 0 Å². The van der Waals surface area contributed by atoms with Gasteiger partial charge in [0.1, 0.15) is 5.69 Å². The number of nitrogens with one attached hydrogen (secondary N) is 1. The maximum atomic E-state index is 12.5. The van der Waals surface area contributed by atoms with Gasteiger partial charge in [0.05, 0.1) is 0 Å². The van der Waals surface area contributed by atoms with E-state index in [1.165, 1.54) is 5.56 Å². The van der Waals surface area contributed by atoms with Gasteiger partial charge in [0.25, 0.3) is 0 Å². The van der Waals surface area contributed by atoms with E-state index < -0.39 is 11.9 Å². The maximum Gasteiger partial charge on any atom is 0.433 e. The van der Waals surface area contributed by atoms with Crippen LogP contribution in [0, 0.1) is 0 Å². The second-order valence-corrected chi connectivity index (χ2v) is 4.79. The number of hydrogen-bond donors (Lipinski definition) is 1. The Labute approximate surface area is 121 Å². The van der Waals surface area contributed by atoms with E-state index in [0.717, 1.165) is 18.7 Å². The molecule has 0 bridgehead atoms. The molecule has 0 aliphatic heterocycles. The summed E-state index contributed by atoms with van der Waals surface area (Å²) >= 11 is 0. The van der Waals surface area contributed by atoms with Gasteiger partial charge in [0.2, 0.25) is 5.95 Å². The molecule has 1 aromatic carbocycles. The van der Waals surface area contributed by atoms with Crippen molar-refractivity contribution in [2.75, 3.05) is 11.9 Å². The molecule has 0 aliphatic rings. The minimum Gasteiger partial charge on any atom is -0.354 e. The molecule has 0 radical (unpaired) electrons. The number of nitrogens with zero attached hydrogens (tertiary/aromatic N) is 2. The number of aromatic nitrogens is 2. The zero-order chi connectivity index (χ0) is 15.3. The predicted octanol–water partition coefficient (Wildman–Crippen LogP) is 4.10. The second kappa shape index (κ2) is 6.56. The minimum absolute atomic E-state index is 0.00471. The monoisotopic (exact) mass is 295 g/mol. The van der Waals surface area contributed by atoms with Crippen molar-refractivity contribution in [2.24, 2.45) is 0 Å². The Kier molecular flexibility index (Phi) is 4.77. The van der Waals surface area contributed by atoms with Crippen molar-refractivity contribution < 1.29 is 13.2 Å². The van der Waals surface area contributed by atoms with Crippen molar-refractivity contribution in [3.63, 3.8) is 0 Å². The zero-order valence-corrected chi connectivity index (χ0v) is 11.6. The summed E-state index contributed by atoms with van der Waals surface area (Å²) in [6.07, 6.45) is -2.56. The Morgan fingerprint density at radius 1 is 1.14 bits per heavy atom. The first-order chi connectivity index (χ1) is 9.97. The average Bonchev–Trinajstić information content (AvgIpc) is 2.47. The van der Waals surface area contributed by atoms with Crippen molar-refractivity contribution in [1.82, 2.24) is 9.97 Å². The quantitative estimate of drug-likeness (QED) is 0.902. The van der Waals surface area contributed by atoms with E-state index in [2.05, 4.69) is 22.2 Å². The molecular formula is C15H16F3N3. The Hall–Kier alpha value is -2.11. The third-order valence-electron chi connectivity index (χ3n) is 3.18. The molecule has 0 aliphatic carbocycles. The lowest BCUT2D eigenvalue weighted by atomic mass is 9.98. The van der Waals surface area contributed by atoms with Crippen molar-refractivity contribution in [3.05, 3.63) is 53.9 Å². The van der Waals surface area contributed by atoms with E-state index in [1.807, 2.05) is 30.3 Å². The summed E-state index contributed by atoms with van der Waals surface area (Å²) in [5.41, 5.74) is 0.264. The molecule has 0 spiro atoms. The van der Waals surface area contributed by atoms with Crippen molar-refractivity contribution >= 4 is 5.95 Å². The Bertz CT molecular complexity index is 570. The summed E-state index contributed by atoms with van der Waals surface area (Å²) in [6.45, 7) is 2.58. The number of rotatable bonds is 5. The Morgan fingerprint density at radius 2 is 1.86 bits per heavy atom. The summed E-state index contributed by atoms with van der Waals surface area (Å²) < 4.78 is 37.6. The molecular weight excluding hydrogens is 279 g/mol. The average molecular weight is 295 g/mol. The minimum atomic E-state index is -4.45. The molecule has 6 heteroatoms. The molecule has 0 amide bonds. The fraction of sp³-hybridized carbons (Fsp3) is 0.333. The van der Waals surface area contributed by atoms with Crippen LogP contribution in [-0.4, -0.2) is 16.5 Å². The lowest BCUT2D eigenvalue weighted by Crippen LogP contribution is -2.13. The highest BCUT2D eigenvalue weighted by atomic mass is 19.4. The molecule has 112 valence electrons. The highest BCUT2D eigenvalue weighted by Crippen LogP contribution is 2.27. The number of anilines is 1. The van der Waals surface area contributed by atoms with Gasteiger partial charge in [-0.05, 0) is 24.0 Å². The Morgan fingerprint density at radius 3 is 2.52 bits per heavy atom. The van der Waals surface area contributed by atoms with Crippen LogP contribution in [0.3, 0.4) is 0 Å². The van der Waals surface area contributed by atoms with E-state index in [1.54, 1.807) is 0 Å². The van der Waals surface area contributed by atoms with Crippen LogP contribution >= 0.6 is 0 Å². The van der Waals surface area contributed by atoms with Gasteiger partial charge in [-0.3, -0.25) is 0 Å². The molecule has 1 unspecified atom stereocenters. The highest BCUT2D eigenvalue weighted by Gasteiger charge is 2.32.